The molecular weight excluding hydrogens is 472 g/mol. The minimum Gasteiger partial charge on any atom is -0.495 e. The summed E-state index contributed by atoms with van der Waals surface area (Å²) in [4.78, 5) is 27.2. The molecule has 0 aromatic heterocycles. The van der Waals surface area contributed by atoms with Gasteiger partial charge in [-0.25, -0.2) is 4.90 Å². The zero-order valence-electron chi connectivity index (χ0n) is 18.2. The molecule has 1 atom stereocenters. The van der Waals surface area contributed by atoms with E-state index < -0.39 is 5.25 Å². The Bertz CT molecular complexity index is 1260. The maximum atomic E-state index is 13.2. The van der Waals surface area contributed by atoms with Crippen LogP contribution in [0.2, 0.25) is 5.02 Å². The average molecular weight is 493 g/mol. The Morgan fingerprint density at radius 3 is 2.53 bits per heavy atom. The second kappa shape index (κ2) is 10.5. The number of anilines is 1. The monoisotopic (exact) mass is 492 g/mol. The molecule has 0 spiro atoms. The van der Waals surface area contributed by atoms with Crippen molar-refractivity contribution < 1.29 is 14.3 Å². The molecular formula is C25H21ClN4O3S. The highest BCUT2D eigenvalue weighted by Crippen LogP contribution is 2.38. The van der Waals surface area contributed by atoms with E-state index in [0.717, 1.165) is 33.4 Å². The first-order valence-electron chi connectivity index (χ1n) is 10.3. The molecule has 172 valence electrons. The van der Waals surface area contributed by atoms with Gasteiger partial charge in [-0.1, -0.05) is 71.9 Å². The Kier molecular flexibility index (Phi) is 7.30. The van der Waals surface area contributed by atoms with Crippen molar-refractivity contribution in [2.75, 3.05) is 12.0 Å². The predicted octanol–water partition coefficient (Wildman–Crippen LogP) is 4.73. The minimum absolute atomic E-state index is 0.000657. The number of rotatable bonds is 6. The maximum absolute atomic E-state index is 13.2. The van der Waals surface area contributed by atoms with Crippen molar-refractivity contribution in [3.05, 3.63) is 83.4 Å². The highest BCUT2D eigenvalue weighted by molar-refractivity contribution is 8.14. The first-order chi connectivity index (χ1) is 16.5. The summed E-state index contributed by atoms with van der Waals surface area (Å²) in [6, 6.07) is 22.2. The van der Waals surface area contributed by atoms with Crippen LogP contribution in [0.3, 0.4) is 0 Å². The van der Waals surface area contributed by atoms with Crippen molar-refractivity contribution in [1.29, 1.82) is 0 Å². The van der Waals surface area contributed by atoms with Crippen LogP contribution in [0, 0.1) is 0 Å². The first kappa shape index (κ1) is 23.5. The molecule has 2 N–H and O–H groups in total. The topological polar surface area (TPSA) is 97.3 Å². The van der Waals surface area contributed by atoms with Gasteiger partial charge in [0.15, 0.2) is 5.17 Å². The Hall–Kier alpha value is -3.62. The van der Waals surface area contributed by atoms with Gasteiger partial charge in [-0.15, -0.1) is 5.10 Å². The number of amides is 2. The van der Waals surface area contributed by atoms with Gasteiger partial charge in [-0.3, -0.25) is 9.59 Å². The number of hydrogen-bond acceptors (Lipinski definition) is 6. The number of carbonyl (C=O) groups excluding carboxylic acids is 2. The summed E-state index contributed by atoms with van der Waals surface area (Å²) in [6.07, 6.45) is 1.52. The van der Waals surface area contributed by atoms with Gasteiger partial charge < -0.3 is 10.5 Å². The van der Waals surface area contributed by atoms with Crippen molar-refractivity contribution in [3.63, 3.8) is 0 Å². The second-order valence-corrected chi connectivity index (χ2v) is 9.02. The van der Waals surface area contributed by atoms with E-state index in [-0.39, 0.29) is 23.4 Å². The van der Waals surface area contributed by atoms with Crippen molar-refractivity contribution in [2.24, 2.45) is 15.9 Å². The lowest BCUT2D eigenvalue weighted by atomic mass is 10.0. The summed E-state index contributed by atoms with van der Waals surface area (Å²) in [5.41, 5.74) is 8.99. The van der Waals surface area contributed by atoms with E-state index in [2.05, 4.69) is 10.2 Å². The third-order valence-electron chi connectivity index (χ3n) is 5.13. The number of ether oxygens (including phenoxy) is 1. The molecule has 3 aromatic carbocycles. The molecule has 34 heavy (non-hydrogen) atoms. The predicted molar refractivity (Wildman–Crippen MR) is 138 cm³/mol. The van der Waals surface area contributed by atoms with Crippen LogP contribution in [-0.4, -0.2) is 35.6 Å². The number of carbonyl (C=O) groups is 2. The lowest BCUT2D eigenvalue weighted by Gasteiger charge is -2.19. The average Bonchev–Trinajstić information content (AvgIpc) is 3.12. The second-order valence-electron chi connectivity index (χ2n) is 7.37. The SMILES string of the molecule is COc1ccc(-c2ccccc2)cc1N1C(=O)C[C@H](SC(N)=N/N=C\c2ccc(Cl)cc2)C1=O. The molecule has 1 aliphatic rings. The van der Waals surface area contributed by atoms with E-state index in [9.17, 15) is 9.59 Å². The molecule has 0 saturated carbocycles. The Labute approximate surface area is 206 Å². The molecule has 3 aromatic rings. The molecule has 2 amide bonds. The number of imide groups is 1. The van der Waals surface area contributed by atoms with Crippen LogP contribution < -0.4 is 15.4 Å². The highest BCUT2D eigenvalue weighted by Gasteiger charge is 2.41. The number of thioether (sulfide) groups is 1. The molecule has 9 heteroatoms. The molecule has 1 fully saturated rings. The summed E-state index contributed by atoms with van der Waals surface area (Å²) in [6.45, 7) is 0. The van der Waals surface area contributed by atoms with Gasteiger partial charge in [-0.2, -0.15) is 5.10 Å². The number of amidine groups is 1. The van der Waals surface area contributed by atoms with Crippen molar-refractivity contribution >= 4 is 52.2 Å². The van der Waals surface area contributed by atoms with Crippen LogP contribution in [0.25, 0.3) is 11.1 Å². The van der Waals surface area contributed by atoms with Crippen molar-refractivity contribution in [2.45, 2.75) is 11.7 Å². The number of methoxy groups -OCH3 is 1. The minimum atomic E-state index is -0.702. The van der Waals surface area contributed by atoms with E-state index in [1.807, 2.05) is 36.4 Å². The van der Waals surface area contributed by atoms with Gasteiger partial charge in [0.2, 0.25) is 11.8 Å². The Morgan fingerprint density at radius 1 is 1.09 bits per heavy atom. The van der Waals surface area contributed by atoms with Gasteiger partial charge in [0, 0.05) is 11.4 Å². The van der Waals surface area contributed by atoms with Crippen molar-refractivity contribution in [3.8, 4) is 16.9 Å². The number of benzene rings is 3. The van der Waals surface area contributed by atoms with Crippen LogP contribution in [-0.2, 0) is 9.59 Å². The molecule has 4 rings (SSSR count). The fourth-order valence-corrected chi connectivity index (χ4v) is 4.44. The summed E-state index contributed by atoms with van der Waals surface area (Å²) in [5.74, 6) is -0.275. The van der Waals surface area contributed by atoms with Gasteiger partial charge in [0.1, 0.15) is 11.0 Å². The molecule has 1 heterocycles. The van der Waals surface area contributed by atoms with Crippen LogP contribution in [0.5, 0.6) is 5.75 Å². The number of halogens is 1. The van der Waals surface area contributed by atoms with E-state index in [1.165, 1.54) is 13.3 Å². The standard InChI is InChI=1S/C25H21ClN4O3S/c1-33-21-12-9-18(17-5-3-2-4-6-17)13-20(21)30-23(31)14-22(24(30)32)34-25(27)29-28-15-16-7-10-19(26)11-8-16/h2-13,15,22H,14H2,1H3,(H2,27,29)/b28-15-/t22-/m0/s1. The first-order valence-corrected chi connectivity index (χ1v) is 11.6. The number of nitrogens with two attached hydrogens (primary N) is 1. The summed E-state index contributed by atoms with van der Waals surface area (Å²) < 4.78 is 5.44. The summed E-state index contributed by atoms with van der Waals surface area (Å²) in [5, 5.41) is 7.89. The van der Waals surface area contributed by atoms with Crippen LogP contribution in [0.4, 0.5) is 5.69 Å². The van der Waals surface area contributed by atoms with Crippen LogP contribution >= 0.6 is 23.4 Å². The highest BCUT2D eigenvalue weighted by atomic mass is 35.5. The zero-order chi connectivity index (χ0) is 24.1. The summed E-state index contributed by atoms with van der Waals surface area (Å²) >= 11 is 6.87. The smallest absolute Gasteiger partial charge is 0.248 e. The van der Waals surface area contributed by atoms with Crippen LogP contribution in [0.15, 0.2) is 83.0 Å². The largest absolute Gasteiger partial charge is 0.495 e. The lowest BCUT2D eigenvalue weighted by Crippen LogP contribution is -2.32. The summed E-state index contributed by atoms with van der Waals surface area (Å²) in [7, 11) is 1.50. The molecule has 1 saturated heterocycles. The quantitative estimate of drug-likeness (QED) is 0.232. The van der Waals surface area contributed by atoms with Gasteiger partial charge >= 0.3 is 0 Å². The van der Waals surface area contributed by atoms with Crippen molar-refractivity contribution in [1.82, 2.24) is 0 Å². The van der Waals surface area contributed by atoms with E-state index in [1.54, 1.807) is 36.4 Å². The molecule has 1 aliphatic heterocycles. The molecule has 0 unspecified atom stereocenters. The number of nitrogens with zero attached hydrogens (tertiary/aromatic N) is 3. The zero-order valence-corrected chi connectivity index (χ0v) is 19.8. The molecule has 0 aliphatic carbocycles. The Balaban J connectivity index is 1.52. The van der Waals surface area contributed by atoms with E-state index in [0.29, 0.717) is 16.5 Å². The number of hydrogen-bond donors (Lipinski definition) is 1. The fraction of sp³-hybridized carbons (Fsp3) is 0.120. The molecule has 0 radical (unpaired) electrons. The molecule has 7 nitrogen and oxygen atoms in total. The normalized spacial score (nSPS) is 16.5. The van der Waals surface area contributed by atoms with Gasteiger partial charge in [0.05, 0.1) is 19.0 Å². The van der Waals surface area contributed by atoms with Gasteiger partial charge in [-0.05, 0) is 41.0 Å². The van der Waals surface area contributed by atoms with Gasteiger partial charge in [0.25, 0.3) is 0 Å². The Morgan fingerprint density at radius 2 is 1.82 bits per heavy atom. The lowest BCUT2D eigenvalue weighted by molar-refractivity contribution is -0.121. The fourth-order valence-electron chi connectivity index (χ4n) is 3.49. The van der Waals surface area contributed by atoms with E-state index in [4.69, 9.17) is 22.1 Å². The maximum Gasteiger partial charge on any atom is 0.248 e. The third-order valence-corrected chi connectivity index (χ3v) is 6.36. The third kappa shape index (κ3) is 5.30. The molecule has 0 bridgehead atoms. The van der Waals surface area contributed by atoms with E-state index >= 15 is 0 Å². The van der Waals surface area contributed by atoms with Crippen LogP contribution in [0.1, 0.15) is 12.0 Å².